The zero-order valence-electron chi connectivity index (χ0n) is 11.3. The molecule has 2 fully saturated rings. The van der Waals surface area contributed by atoms with E-state index in [1.807, 2.05) is 7.05 Å². The lowest BCUT2D eigenvalue weighted by atomic mass is 9.93. The summed E-state index contributed by atoms with van der Waals surface area (Å²) in [7, 11) is 2.00. The zero-order chi connectivity index (χ0) is 12.3. The molecule has 1 aliphatic heterocycles. The van der Waals surface area contributed by atoms with Gasteiger partial charge in [0.05, 0.1) is 0 Å². The van der Waals surface area contributed by atoms with Crippen molar-refractivity contribution < 1.29 is 4.79 Å². The van der Waals surface area contributed by atoms with E-state index in [0.717, 1.165) is 45.3 Å². The van der Waals surface area contributed by atoms with Gasteiger partial charge in [-0.15, -0.1) is 0 Å². The summed E-state index contributed by atoms with van der Waals surface area (Å²) in [5, 5.41) is 3.24. The fourth-order valence-electron chi connectivity index (χ4n) is 3.24. The van der Waals surface area contributed by atoms with E-state index in [0.29, 0.717) is 11.8 Å². The van der Waals surface area contributed by atoms with Crippen molar-refractivity contribution in [1.29, 1.82) is 0 Å². The van der Waals surface area contributed by atoms with Gasteiger partial charge in [-0.1, -0.05) is 13.3 Å². The molecule has 0 bridgehead atoms. The van der Waals surface area contributed by atoms with Gasteiger partial charge in [-0.25, -0.2) is 0 Å². The third kappa shape index (κ3) is 2.82. The molecule has 0 aromatic heterocycles. The number of carbonyl (C=O) groups excluding carboxylic acids is 1. The Hall–Kier alpha value is -0.570. The summed E-state index contributed by atoms with van der Waals surface area (Å²) in [6.07, 6.45) is 6.95. The molecule has 0 aromatic rings. The Kier molecular flexibility index (Phi) is 4.08. The van der Waals surface area contributed by atoms with Crippen molar-refractivity contribution in [2.75, 3.05) is 26.7 Å². The van der Waals surface area contributed by atoms with E-state index in [1.165, 1.54) is 12.8 Å². The molecule has 3 heteroatoms. The molecule has 1 atom stereocenters. The van der Waals surface area contributed by atoms with Crippen LogP contribution in [0, 0.1) is 11.3 Å². The molecule has 17 heavy (non-hydrogen) atoms. The van der Waals surface area contributed by atoms with Gasteiger partial charge in [0.1, 0.15) is 0 Å². The lowest BCUT2D eigenvalue weighted by Crippen LogP contribution is -2.45. The third-order valence-corrected chi connectivity index (χ3v) is 4.33. The molecule has 0 spiro atoms. The molecular weight excluding hydrogens is 212 g/mol. The van der Waals surface area contributed by atoms with Crippen LogP contribution in [-0.2, 0) is 4.79 Å². The van der Waals surface area contributed by atoms with Crippen LogP contribution < -0.4 is 5.32 Å². The Bertz CT molecular complexity index is 271. The highest BCUT2D eigenvalue weighted by molar-refractivity contribution is 5.85. The summed E-state index contributed by atoms with van der Waals surface area (Å²) in [6, 6.07) is 0. The number of piperidine rings is 1. The van der Waals surface area contributed by atoms with Gasteiger partial charge < -0.3 is 10.2 Å². The highest BCUT2D eigenvalue weighted by atomic mass is 16.2. The van der Waals surface area contributed by atoms with Gasteiger partial charge in [-0.3, -0.25) is 4.79 Å². The molecule has 1 N–H and O–H groups in total. The lowest BCUT2D eigenvalue weighted by Gasteiger charge is -2.35. The molecule has 3 nitrogen and oxygen atoms in total. The first-order valence-corrected chi connectivity index (χ1v) is 7.16. The standard InChI is InChI=1S/C14H26N2O/c1-3-6-14(7-8-14)13(17)16-9-4-5-12(11-16)10-15-2/h12,15H,3-11H2,1-2H3. The molecule has 1 amide bonds. The van der Waals surface area contributed by atoms with Gasteiger partial charge in [-0.2, -0.15) is 0 Å². The maximum Gasteiger partial charge on any atom is 0.228 e. The van der Waals surface area contributed by atoms with Crippen molar-refractivity contribution in [3.05, 3.63) is 0 Å². The van der Waals surface area contributed by atoms with Crippen LogP contribution in [-0.4, -0.2) is 37.5 Å². The van der Waals surface area contributed by atoms with Gasteiger partial charge >= 0.3 is 0 Å². The van der Waals surface area contributed by atoms with Gasteiger partial charge in [0.2, 0.25) is 5.91 Å². The predicted octanol–water partition coefficient (Wildman–Crippen LogP) is 2.02. The first-order chi connectivity index (χ1) is 8.22. The smallest absolute Gasteiger partial charge is 0.228 e. The molecule has 0 radical (unpaired) electrons. The number of nitrogens with zero attached hydrogens (tertiary/aromatic N) is 1. The van der Waals surface area contributed by atoms with E-state index in [4.69, 9.17) is 0 Å². The predicted molar refractivity (Wildman–Crippen MR) is 69.8 cm³/mol. The van der Waals surface area contributed by atoms with Gasteiger partial charge in [0.15, 0.2) is 0 Å². The maximum absolute atomic E-state index is 12.5. The third-order valence-electron chi connectivity index (χ3n) is 4.33. The minimum Gasteiger partial charge on any atom is -0.342 e. The lowest BCUT2D eigenvalue weighted by molar-refractivity contribution is -0.139. The van der Waals surface area contributed by atoms with Crippen molar-refractivity contribution >= 4 is 5.91 Å². The van der Waals surface area contributed by atoms with Crippen LogP contribution in [0.25, 0.3) is 0 Å². The quantitative estimate of drug-likeness (QED) is 0.795. The van der Waals surface area contributed by atoms with Crippen molar-refractivity contribution in [1.82, 2.24) is 10.2 Å². The van der Waals surface area contributed by atoms with E-state index in [1.54, 1.807) is 0 Å². The summed E-state index contributed by atoms with van der Waals surface area (Å²) in [5.41, 5.74) is 0.0658. The Labute approximate surface area is 105 Å². The Morgan fingerprint density at radius 3 is 2.82 bits per heavy atom. The molecule has 2 aliphatic rings. The molecule has 1 aliphatic carbocycles. The average Bonchev–Trinajstić information content (AvgIpc) is 3.10. The van der Waals surface area contributed by atoms with E-state index in [-0.39, 0.29) is 5.41 Å². The average molecular weight is 238 g/mol. The molecule has 1 saturated heterocycles. The number of amides is 1. The molecule has 1 unspecified atom stereocenters. The molecular formula is C14H26N2O. The maximum atomic E-state index is 12.5. The van der Waals surface area contributed by atoms with Crippen molar-refractivity contribution in [3.63, 3.8) is 0 Å². The molecule has 98 valence electrons. The number of rotatable bonds is 5. The zero-order valence-corrected chi connectivity index (χ0v) is 11.3. The molecule has 0 aromatic carbocycles. The summed E-state index contributed by atoms with van der Waals surface area (Å²) in [4.78, 5) is 14.7. The van der Waals surface area contributed by atoms with Crippen LogP contribution in [0.4, 0.5) is 0 Å². The summed E-state index contributed by atoms with van der Waals surface area (Å²) in [5.74, 6) is 1.12. The molecule has 1 saturated carbocycles. The molecule has 2 rings (SSSR count). The van der Waals surface area contributed by atoms with Gasteiger partial charge in [0.25, 0.3) is 0 Å². The van der Waals surface area contributed by atoms with E-state index < -0.39 is 0 Å². The highest BCUT2D eigenvalue weighted by Gasteiger charge is 2.50. The summed E-state index contributed by atoms with van der Waals surface area (Å²) in [6.45, 7) is 5.20. The van der Waals surface area contributed by atoms with Crippen molar-refractivity contribution in [2.45, 2.75) is 45.4 Å². The first-order valence-electron chi connectivity index (χ1n) is 7.16. The SMILES string of the molecule is CCCC1(C(=O)N2CCCC(CNC)C2)CC1. The van der Waals surface area contributed by atoms with Crippen LogP contribution in [0.5, 0.6) is 0 Å². The fourth-order valence-corrected chi connectivity index (χ4v) is 3.24. The number of hydrogen-bond acceptors (Lipinski definition) is 2. The van der Waals surface area contributed by atoms with Gasteiger partial charge in [-0.05, 0) is 51.6 Å². The van der Waals surface area contributed by atoms with Crippen LogP contribution in [0.15, 0.2) is 0 Å². The van der Waals surface area contributed by atoms with E-state index >= 15 is 0 Å². The second-order valence-electron chi connectivity index (χ2n) is 5.85. The van der Waals surface area contributed by atoms with E-state index in [9.17, 15) is 4.79 Å². The minimum atomic E-state index is 0.0658. The normalized spacial score (nSPS) is 26.9. The summed E-state index contributed by atoms with van der Waals surface area (Å²) >= 11 is 0. The number of carbonyl (C=O) groups is 1. The Morgan fingerprint density at radius 1 is 1.47 bits per heavy atom. The largest absolute Gasteiger partial charge is 0.342 e. The Morgan fingerprint density at radius 2 is 2.24 bits per heavy atom. The Balaban J connectivity index is 1.91. The van der Waals surface area contributed by atoms with Crippen LogP contribution in [0.3, 0.4) is 0 Å². The minimum absolute atomic E-state index is 0.0658. The molecule has 1 heterocycles. The number of likely N-dealkylation sites (tertiary alicyclic amines) is 1. The fraction of sp³-hybridized carbons (Fsp3) is 0.929. The topological polar surface area (TPSA) is 32.3 Å². The van der Waals surface area contributed by atoms with Crippen LogP contribution in [0.1, 0.15) is 45.4 Å². The highest BCUT2D eigenvalue weighted by Crippen LogP contribution is 2.51. The van der Waals surface area contributed by atoms with Gasteiger partial charge in [0, 0.05) is 18.5 Å². The second kappa shape index (κ2) is 5.38. The summed E-state index contributed by atoms with van der Waals surface area (Å²) < 4.78 is 0. The van der Waals surface area contributed by atoms with Crippen LogP contribution in [0.2, 0.25) is 0 Å². The number of hydrogen-bond donors (Lipinski definition) is 1. The monoisotopic (exact) mass is 238 g/mol. The van der Waals surface area contributed by atoms with E-state index in [2.05, 4.69) is 17.1 Å². The first kappa shape index (κ1) is 12.9. The second-order valence-corrected chi connectivity index (χ2v) is 5.85. The van der Waals surface area contributed by atoms with Crippen LogP contribution >= 0.6 is 0 Å². The van der Waals surface area contributed by atoms with Crippen molar-refractivity contribution in [3.8, 4) is 0 Å². The number of nitrogens with one attached hydrogen (secondary N) is 1. The van der Waals surface area contributed by atoms with Crippen molar-refractivity contribution in [2.24, 2.45) is 11.3 Å².